The van der Waals surface area contributed by atoms with Gasteiger partial charge in [0.1, 0.15) is 6.33 Å². The first-order valence-electron chi connectivity index (χ1n) is 2.35. The van der Waals surface area contributed by atoms with E-state index in [4.69, 9.17) is 11.6 Å². The van der Waals surface area contributed by atoms with Gasteiger partial charge in [-0.2, -0.15) is 4.98 Å². The lowest BCUT2D eigenvalue weighted by atomic mass is 10.9. The maximum atomic E-state index is 5.42. The second-order valence-electron chi connectivity index (χ2n) is 1.33. The maximum Gasteiger partial charge on any atom is 0.227 e. The zero-order valence-electron chi connectivity index (χ0n) is 4.80. The molecule has 0 aliphatic heterocycles. The number of hydrogen-bond donors (Lipinski definition) is 1. The largest absolute Gasteiger partial charge is 0.357 e. The fourth-order valence-corrected chi connectivity index (χ4v) is 0.520. The Kier molecular flexibility index (Phi) is 1.79. The van der Waals surface area contributed by atoms with Crippen molar-refractivity contribution in [1.29, 1.82) is 0 Å². The summed E-state index contributed by atoms with van der Waals surface area (Å²) in [6, 6.07) is 0. The first kappa shape index (κ1) is 6.22. The van der Waals surface area contributed by atoms with Crippen molar-refractivity contribution in [3.8, 4) is 0 Å². The highest BCUT2D eigenvalue weighted by Gasteiger charge is 1.91. The van der Waals surface area contributed by atoms with Gasteiger partial charge in [-0.3, -0.25) is 0 Å². The van der Waals surface area contributed by atoms with Gasteiger partial charge in [0.25, 0.3) is 0 Å². The third kappa shape index (κ3) is 1.50. The van der Waals surface area contributed by atoms with Crippen LogP contribution < -0.4 is 5.32 Å². The molecule has 0 saturated carbocycles. The topological polar surface area (TPSA) is 50.7 Å². The number of anilines is 1. The molecule has 0 spiro atoms. The van der Waals surface area contributed by atoms with E-state index in [1.54, 1.807) is 7.05 Å². The minimum atomic E-state index is 0.203. The van der Waals surface area contributed by atoms with E-state index in [-0.39, 0.29) is 5.28 Å². The molecule has 1 rings (SSSR count). The Morgan fingerprint density at radius 2 is 2.33 bits per heavy atom. The molecule has 0 bridgehead atoms. The van der Waals surface area contributed by atoms with E-state index < -0.39 is 0 Å². The number of nitrogens with one attached hydrogen (secondary N) is 1. The van der Waals surface area contributed by atoms with Gasteiger partial charge >= 0.3 is 0 Å². The lowest BCUT2D eigenvalue weighted by molar-refractivity contribution is 1.05. The normalized spacial score (nSPS) is 9.11. The Labute approximate surface area is 57.3 Å². The fourth-order valence-electron chi connectivity index (χ4n) is 0.397. The number of nitrogens with zero attached hydrogens (tertiary/aromatic N) is 3. The Morgan fingerprint density at radius 1 is 1.56 bits per heavy atom. The quantitative estimate of drug-likeness (QED) is 0.626. The van der Waals surface area contributed by atoms with E-state index in [1.807, 2.05) is 0 Å². The van der Waals surface area contributed by atoms with Crippen LogP contribution in [0.2, 0.25) is 5.28 Å². The smallest absolute Gasteiger partial charge is 0.227 e. The first-order chi connectivity index (χ1) is 4.33. The molecule has 0 fully saturated rings. The molecule has 0 unspecified atom stereocenters. The Bertz CT molecular complexity index is 202. The van der Waals surface area contributed by atoms with E-state index in [2.05, 4.69) is 20.3 Å². The van der Waals surface area contributed by atoms with E-state index in [0.717, 1.165) is 0 Å². The highest BCUT2D eigenvalue weighted by atomic mass is 35.5. The SMILES string of the molecule is CNc1ncnc(Cl)n1. The standard InChI is InChI=1S/C4H5ClN4/c1-6-4-8-2-7-3(5)9-4/h2H,1H3,(H,6,7,8,9). The van der Waals surface area contributed by atoms with Crippen molar-refractivity contribution in [3.05, 3.63) is 11.6 Å². The molecule has 4 nitrogen and oxygen atoms in total. The Hall–Kier alpha value is -0.900. The van der Waals surface area contributed by atoms with Crippen molar-refractivity contribution in [2.24, 2.45) is 0 Å². The maximum absolute atomic E-state index is 5.42. The Balaban J connectivity index is 2.94. The average Bonchev–Trinajstić information content (AvgIpc) is 1.88. The summed E-state index contributed by atoms with van der Waals surface area (Å²) >= 11 is 5.42. The summed E-state index contributed by atoms with van der Waals surface area (Å²) in [7, 11) is 1.71. The van der Waals surface area contributed by atoms with Crippen LogP contribution >= 0.6 is 11.6 Å². The van der Waals surface area contributed by atoms with Gasteiger partial charge in [0.05, 0.1) is 0 Å². The minimum absolute atomic E-state index is 0.203. The monoisotopic (exact) mass is 144 g/mol. The minimum Gasteiger partial charge on any atom is -0.357 e. The number of hydrogen-bond acceptors (Lipinski definition) is 4. The molecule has 48 valence electrons. The molecule has 1 heterocycles. The second-order valence-corrected chi connectivity index (χ2v) is 1.67. The number of aromatic nitrogens is 3. The molecule has 0 radical (unpaired) electrons. The van der Waals surface area contributed by atoms with Crippen molar-refractivity contribution in [2.75, 3.05) is 12.4 Å². The van der Waals surface area contributed by atoms with Gasteiger partial charge in [-0.1, -0.05) is 0 Å². The molecule has 0 atom stereocenters. The third-order valence-corrected chi connectivity index (χ3v) is 0.948. The molecule has 1 N–H and O–H groups in total. The summed E-state index contributed by atoms with van der Waals surface area (Å²) in [5, 5.41) is 2.92. The van der Waals surface area contributed by atoms with Gasteiger partial charge in [-0.25, -0.2) is 9.97 Å². The van der Waals surface area contributed by atoms with Crippen LogP contribution in [0.4, 0.5) is 5.95 Å². The molecule has 0 aromatic carbocycles. The summed E-state index contributed by atoms with van der Waals surface area (Å²) in [6.07, 6.45) is 1.35. The lowest BCUT2D eigenvalue weighted by Gasteiger charge is -1.93. The summed E-state index contributed by atoms with van der Waals surface area (Å²) in [5.41, 5.74) is 0. The van der Waals surface area contributed by atoms with Crippen LogP contribution in [0.1, 0.15) is 0 Å². The molecule has 9 heavy (non-hydrogen) atoms. The second kappa shape index (κ2) is 2.59. The zero-order valence-corrected chi connectivity index (χ0v) is 5.55. The van der Waals surface area contributed by atoms with Crippen LogP contribution in [-0.2, 0) is 0 Å². The van der Waals surface area contributed by atoms with Crippen molar-refractivity contribution in [2.45, 2.75) is 0 Å². The molecule has 1 aromatic heterocycles. The van der Waals surface area contributed by atoms with E-state index in [0.29, 0.717) is 5.95 Å². The summed E-state index contributed by atoms with van der Waals surface area (Å²) in [5.74, 6) is 0.481. The third-order valence-electron chi connectivity index (χ3n) is 0.766. The van der Waals surface area contributed by atoms with Crippen molar-refractivity contribution < 1.29 is 0 Å². The zero-order chi connectivity index (χ0) is 6.69. The van der Waals surface area contributed by atoms with Crippen LogP contribution in [-0.4, -0.2) is 22.0 Å². The van der Waals surface area contributed by atoms with Gasteiger partial charge in [0.2, 0.25) is 11.2 Å². The van der Waals surface area contributed by atoms with Crippen molar-refractivity contribution in [3.63, 3.8) is 0 Å². The number of rotatable bonds is 1. The van der Waals surface area contributed by atoms with Crippen LogP contribution in [0.25, 0.3) is 0 Å². The predicted octanol–water partition coefficient (Wildman–Crippen LogP) is 0.567. The number of halogens is 1. The van der Waals surface area contributed by atoms with Crippen LogP contribution in [0, 0.1) is 0 Å². The lowest BCUT2D eigenvalue weighted by Crippen LogP contribution is -1.96. The van der Waals surface area contributed by atoms with E-state index in [1.165, 1.54) is 6.33 Å². The van der Waals surface area contributed by atoms with Crippen molar-refractivity contribution in [1.82, 2.24) is 15.0 Å². The molecule has 0 saturated heterocycles. The molecule has 0 aliphatic carbocycles. The van der Waals surface area contributed by atoms with Crippen molar-refractivity contribution >= 4 is 17.5 Å². The highest BCUT2D eigenvalue weighted by Crippen LogP contribution is 1.99. The summed E-state index contributed by atoms with van der Waals surface area (Å²) in [4.78, 5) is 11.1. The molecule has 1 aromatic rings. The van der Waals surface area contributed by atoms with Gasteiger partial charge in [-0.05, 0) is 11.6 Å². The van der Waals surface area contributed by atoms with Gasteiger partial charge < -0.3 is 5.32 Å². The fraction of sp³-hybridized carbons (Fsp3) is 0.250. The molecular formula is C4H5ClN4. The molecule has 0 amide bonds. The van der Waals surface area contributed by atoms with E-state index in [9.17, 15) is 0 Å². The van der Waals surface area contributed by atoms with Crippen LogP contribution in [0.15, 0.2) is 6.33 Å². The van der Waals surface area contributed by atoms with Gasteiger partial charge in [-0.15, -0.1) is 0 Å². The molecule has 0 aliphatic rings. The average molecular weight is 145 g/mol. The summed E-state index contributed by atoms with van der Waals surface area (Å²) < 4.78 is 0. The van der Waals surface area contributed by atoms with E-state index >= 15 is 0 Å². The Morgan fingerprint density at radius 3 is 2.78 bits per heavy atom. The first-order valence-corrected chi connectivity index (χ1v) is 2.73. The highest BCUT2D eigenvalue weighted by molar-refractivity contribution is 6.28. The summed E-state index contributed by atoms with van der Waals surface area (Å²) in [6.45, 7) is 0. The van der Waals surface area contributed by atoms with Crippen LogP contribution in [0.3, 0.4) is 0 Å². The van der Waals surface area contributed by atoms with Gasteiger partial charge in [0, 0.05) is 7.05 Å². The molecule has 5 heteroatoms. The molecular weight excluding hydrogens is 140 g/mol. The van der Waals surface area contributed by atoms with Gasteiger partial charge in [0.15, 0.2) is 0 Å². The van der Waals surface area contributed by atoms with Crippen LogP contribution in [0.5, 0.6) is 0 Å². The predicted molar refractivity (Wildman–Crippen MR) is 34.4 cm³/mol.